The summed E-state index contributed by atoms with van der Waals surface area (Å²) in [7, 11) is -3.74. The van der Waals surface area contributed by atoms with Gasteiger partial charge >= 0.3 is 0 Å². The molecule has 2 aliphatic rings. The Morgan fingerprint density at radius 3 is 2.45 bits per heavy atom. The number of rotatable bonds is 4. The van der Waals surface area contributed by atoms with Gasteiger partial charge < -0.3 is 10.6 Å². The van der Waals surface area contributed by atoms with Crippen molar-refractivity contribution in [2.75, 3.05) is 36.8 Å². The van der Waals surface area contributed by atoms with Crippen molar-refractivity contribution < 1.29 is 8.42 Å². The molecule has 1 aliphatic heterocycles. The standard InChI is InChI=1S/C21H29N5O2S/c1-16-6-5-9-18(14-16)29(27,28)19-15-23-21(24-20(19)22)26-12-10-25(11-13-26)17-7-3-2-4-8-17/h5-6,9,14-15,17H,2-4,7-8,10-13H2,1H3,(H2,22,23,24). The number of benzene rings is 1. The summed E-state index contributed by atoms with van der Waals surface area (Å²) < 4.78 is 25.9. The minimum absolute atomic E-state index is 0.00576. The summed E-state index contributed by atoms with van der Waals surface area (Å²) in [5.74, 6) is 0.514. The molecule has 1 aliphatic carbocycles. The van der Waals surface area contributed by atoms with Crippen molar-refractivity contribution in [1.82, 2.24) is 14.9 Å². The Bertz CT molecular complexity index is 965. The highest BCUT2D eigenvalue weighted by Gasteiger charge is 2.27. The lowest BCUT2D eigenvalue weighted by atomic mass is 9.94. The molecule has 0 radical (unpaired) electrons. The first kappa shape index (κ1) is 20.1. The fourth-order valence-corrected chi connectivity index (χ4v) is 5.74. The highest BCUT2D eigenvalue weighted by atomic mass is 32.2. The van der Waals surface area contributed by atoms with Gasteiger partial charge in [-0.2, -0.15) is 4.98 Å². The van der Waals surface area contributed by atoms with Crippen LogP contribution < -0.4 is 10.6 Å². The Morgan fingerprint density at radius 1 is 1.07 bits per heavy atom. The number of hydrogen-bond acceptors (Lipinski definition) is 7. The molecule has 1 saturated heterocycles. The molecule has 156 valence electrons. The maximum atomic E-state index is 12.9. The van der Waals surface area contributed by atoms with Gasteiger partial charge in [-0.15, -0.1) is 0 Å². The van der Waals surface area contributed by atoms with Crippen LogP contribution in [0.15, 0.2) is 40.3 Å². The number of sulfone groups is 1. The van der Waals surface area contributed by atoms with E-state index in [0.29, 0.717) is 12.0 Å². The summed E-state index contributed by atoms with van der Waals surface area (Å²) in [6.07, 6.45) is 7.98. The van der Waals surface area contributed by atoms with Crippen LogP contribution in [0.1, 0.15) is 37.7 Å². The lowest BCUT2D eigenvalue weighted by Crippen LogP contribution is -2.51. The molecule has 8 heteroatoms. The fraction of sp³-hybridized carbons (Fsp3) is 0.524. The van der Waals surface area contributed by atoms with E-state index in [4.69, 9.17) is 5.73 Å². The topological polar surface area (TPSA) is 92.4 Å². The quantitative estimate of drug-likeness (QED) is 0.820. The van der Waals surface area contributed by atoms with E-state index in [-0.39, 0.29) is 15.6 Å². The van der Waals surface area contributed by atoms with Crippen molar-refractivity contribution in [2.24, 2.45) is 0 Å². The molecule has 7 nitrogen and oxygen atoms in total. The van der Waals surface area contributed by atoms with E-state index < -0.39 is 9.84 Å². The van der Waals surface area contributed by atoms with E-state index >= 15 is 0 Å². The van der Waals surface area contributed by atoms with Crippen molar-refractivity contribution in [1.29, 1.82) is 0 Å². The maximum Gasteiger partial charge on any atom is 0.227 e. The van der Waals surface area contributed by atoms with Crippen LogP contribution in [0, 0.1) is 6.92 Å². The van der Waals surface area contributed by atoms with Gasteiger partial charge in [-0.3, -0.25) is 4.90 Å². The summed E-state index contributed by atoms with van der Waals surface area (Å²) in [4.78, 5) is 13.5. The lowest BCUT2D eigenvalue weighted by molar-refractivity contribution is 0.147. The zero-order valence-corrected chi connectivity index (χ0v) is 17.7. The molecule has 1 aromatic heterocycles. The number of nitrogen functional groups attached to an aromatic ring is 1. The number of anilines is 2. The van der Waals surface area contributed by atoms with Gasteiger partial charge in [0.05, 0.1) is 11.1 Å². The normalized spacial score (nSPS) is 19.4. The Balaban J connectivity index is 1.48. The van der Waals surface area contributed by atoms with Crippen LogP contribution in [0.4, 0.5) is 11.8 Å². The molecule has 1 saturated carbocycles. The molecule has 1 aromatic carbocycles. The largest absolute Gasteiger partial charge is 0.382 e. The molecular formula is C21H29N5O2S. The summed E-state index contributed by atoms with van der Waals surface area (Å²) in [5, 5.41) is 0. The van der Waals surface area contributed by atoms with Crippen LogP contribution in [0.5, 0.6) is 0 Å². The first-order chi connectivity index (χ1) is 13.9. The molecule has 2 heterocycles. The smallest absolute Gasteiger partial charge is 0.227 e. The number of piperazine rings is 1. The molecular weight excluding hydrogens is 386 g/mol. The Labute approximate surface area is 172 Å². The van der Waals surface area contributed by atoms with Gasteiger partial charge in [0.25, 0.3) is 0 Å². The second-order valence-corrected chi connectivity index (χ2v) is 9.97. The Morgan fingerprint density at radius 2 is 1.79 bits per heavy atom. The maximum absolute atomic E-state index is 12.9. The number of aromatic nitrogens is 2. The zero-order chi connectivity index (χ0) is 20.4. The molecule has 0 atom stereocenters. The average Bonchev–Trinajstić information content (AvgIpc) is 2.74. The molecule has 2 N–H and O–H groups in total. The number of aryl methyl sites for hydroxylation is 1. The SMILES string of the molecule is Cc1cccc(S(=O)(=O)c2cnc(N3CCN(C4CCCCC4)CC3)nc2N)c1. The average molecular weight is 416 g/mol. The van der Waals surface area contributed by atoms with E-state index in [2.05, 4.69) is 19.8 Å². The minimum Gasteiger partial charge on any atom is -0.382 e. The van der Waals surface area contributed by atoms with Crippen molar-refractivity contribution in [3.8, 4) is 0 Å². The number of hydrogen-bond donors (Lipinski definition) is 1. The van der Waals surface area contributed by atoms with Gasteiger partial charge in [0, 0.05) is 32.2 Å². The Hall–Kier alpha value is -2.19. The molecule has 0 spiro atoms. The van der Waals surface area contributed by atoms with Gasteiger partial charge in [0.15, 0.2) is 0 Å². The molecule has 2 fully saturated rings. The third-order valence-electron chi connectivity index (χ3n) is 6.05. The van der Waals surface area contributed by atoms with Crippen molar-refractivity contribution in [2.45, 2.75) is 54.9 Å². The van der Waals surface area contributed by atoms with Crippen molar-refractivity contribution in [3.05, 3.63) is 36.0 Å². The molecule has 0 amide bonds. The van der Waals surface area contributed by atoms with Gasteiger partial charge in [0.1, 0.15) is 10.7 Å². The van der Waals surface area contributed by atoms with E-state index in [1.807, 2.05) is 13.0 Å². The van der Waals surface area contributed by atoms with Crippen LogP contribution in [0.3, 0.4) is 0 Å². The third-order valence-corrected chi connectivity index (χ3v) is 7.82. The molecule has 0 bridgehead atoms. The Kier molecular flexibility index (Phi) is 5.74. The van der Waals surface area contributed by atoms with Crippen LogP contribution >= 0.6 is 0 Å². The lowest BCUT2D eigenvalue weighted by Gasteiger charge is -2.40. The second kappa shape index (κ2) is 8.28. The van der Waals surface area contributed by atoms with E-state index in [1.165, 1.54) is 38.3 Å². The number of nitrogens with two attached hydrogens (primary N) is 1. The summed E-state index contributed by atoms with van der Waals surface area (Å²) in [6, 6.07) is 7.49. The van der Waals surface area contributed by atoms with Gasteiger partial charge in [0.2, 0.25) is 15.8 Å². The predicted octanol–water partition coefficient (Wildman–Crippen LogP) is 2.65. The van der Waals surface area contributed by atoms with Crippen molar-refractivity contribution in [3.63, 3.8) is 0 Å². The molecule has 2 aromatic rings. The highest BCUT2D eigenvalue weighted by molar-refractivity contribution is 7.91. The van der Waals surface area contributed by atoms with Crippen LogP contribution in [0.2, 0.25) is 0 Å². The number of nitrogens with zero attached hydrogens (tertiary/aromatic N) is 4. The van der Waals surface area contributed by atoms with Gasteiger partial charge in [-0.05, 0) is 37.5 Å². The van der Waals surface area contributed by atoms with E-state index in [0.717, 1.165) is 31.7 Å². The zero-order valence-electron chi connectivity index (χ0n) is 16.9. The van der Waals surface area contributed by atoms with E-state index in [9.17, 15) is 8.42 Å². The first-order valence-electron chi connectivity index (χ1n) is 10.4. The monoisotopic (exact) mass is 415 g/mol. The van der Waals surface area contributed by atoms with Crippen LogP contribution in [-0.2, 0) is 9.84 Å². The minimum atomic E-state index is -3.74. The van der Waals surface area contributed by atoms with Gasteiger partial charge in [-0.1, -0.05) is 31.4 Å². The summed E-state index contributed by atoms with van der Waals surface area (Å²) in [5.41, 5.74) is 6.94. The molecule has 0 unspecified atom stereocenters. The highest BCUT2D eigenvalue weighted by Crippen LogP contribution is 2.27. The third kappa shape index (κ3) is 4.23. The summed E-state index contributed by atoms with van der Waals surface area (Å²) in [6.45, 7) is 5.49. The van der Waals surface area contributed by atoms with Crippen LogP contribution in [0.25, 0.3) is 0 Å². The summed E-state index contributed by atoms with van der Waals surface area (Å²) >= 11 is 0. The van der Waals surface area contributed by atoms with Crippen LogP contribution in [-0.4, -0.2) is 55.5 Å². The van der Waals surface area contributed by atoms with Gasteiger partial charge in [-0.25, -0.2) is 13.4 Å². The van der Waals surface area contributed by atoms with E-state index in [1.54, 1.807) is 18.2 Å². The first-order valence-corrected chi connectivity index (χ1v) is 11.9. The molecule has 4 rings (SSSR count). The van der Waals surface area contributed by atoms with Crippen molar-refractivity contribution >= 4 is 21.6 Å². The second-order valence-electron chi connectivity index (χ2n) is 8.05. The molecule has 29 heavy (non-hydrogen) atoms. The predicted molar refractivity (Wildman–Crippen MR) is 114 cm³/mol. The fourth-order valence-electron chi connectivity index (χ4n) is 4.38.